The molecule has 0 aromatic heterocycles. The van der Waals surface area contributed by atoms with Crippen molar-refractivity contribution in [3.63, 3.8) is 0 Å². The van der Waals surface area contributed by atoms with Gasteiger partial charge in [0.1, 0.15) is 17.1 Å². The molecule has 0 aliphatic carbocycles. The van der Waals surface area contributed by atoms with Gasteiger partial charge in [-0.2, -0.15) is 0 Å². The van der Waals surface area contributed by atoms with Crippen molar-refractivity contribution in [2.24, 2.45) is 0 Å². The Bertz CT molecular complexity index is 850. The van der Waals surface area contributed by atoms with Crippen LogP contribution in [0.25, 0.3) is 0 Å². The number of methoxy groups -OCH3 is 3. The van der Waals surface area contributed by atoms with Crippen LogP contribution < -0.4 is 18.9 Å². The molecule has 0 unspecified atom stereocenters. The molecule has 0 aliphatic rings. The predicted molar refractivity (Wildman–Crippen MR) is 115 cm³/mol. The summed E-state index contributed by atoms with van der Waals surface area (Å²) in [6.45, 7) is 12.5. The molecule has 2 rings (SSSR count). The molecule has 0 N–H and O–H groups in total. The smallest absolute Gasteiger partial charge is 0.347 e. The minimum Gasteiger partial charge on any atom is -0.497 e. The molecule has 0 spiro atoms. The lowest BCUT2D eigenvalue weighted by Crippen LogP contribution is -2.22. The molecule has 0 aliphatic heterocycles. The summed E-state index contributed by atoms with van der Waals surface area (Å²) in [5, 5.41) is 0. The third kappa shape index (κ3) is 4.84. The monoisotopic (exact) mass is 400 g/mol. The molecular weight excluding hydrogens is 368 g/mol. The zero-order valence-corrected chi connectivity index (χ0v) is 18.9. The zero-order chi connectivity index (χ0) is 22.0. The third-order valence-electron chi connectivity index (χ3n) is 4.73. The largest absolute Gasteiger partial charge is 0.497 e. The van der Waals surface area contributed by atoms with E-state index in [4.69, 9.17) is 18.9 Å². The number of esters is 1. The molecule has 29 heavy (non-hydrogen) atoms. The summed E-state index contributed by atoms with van der Waals surface area (Å²) >= 11 is 0. The summed E-state index contributed by atoms with van der Waals surface area (Å²) in [4.78, 5) is 13.2. The van der Waals surface area contributed by atoms with Crippen LogP contribution in [0.2, 0.25) is 0 Å². The van der Waals surface area contributed by atoms with E-state index < -0.39 is 5.97 Å². The highest BCUT2D eigenvalue weighted by Gasteiger charge is 2.30. The van der Waals surface area contributed by atoms with Crippen LogP contribution in [0.4, 0.5) is 0 Å². The van der Waals surface area contributed by atoms with Gasteiger partial charge in [-0.25, -0.2) is 4.79 Å². The van der Waals surface area contributed by atoms with E-state index >= 15 is 0 Å². The molecule has 2 aromatic carbocycles. The van der Waals surface area contributed by atoms with E-state index in [9.17, 15) is 4.79 Å². The SMILES string of the molecule is COc1cc(C(C)(C)C)c(OC(=O)c2cccc(OC)c2OC)c(C(C)(C)C)c1. The van der Waals surface area contributed by atoms with E-state index in [1.54, 1.807) is 25.3 Å². The fourth-order valence-electron chi connectivity index (χ4n) is 3.14. The Morgan fingerprint density at radius 1 is 0.759 bits per heavy atom. The summed E-state index contributed by atoms with van der Waals surface area (Å²) in [6.07, 6.45) is 0. The molecule has 2 aromatic rings. The van der Waals surface area contributed by atoms with E-state index in [-0.39, 0.29) is 10.8 Å². The molecule has 158 valence electrons. The Hall–Kier alpha value is -2.69. The quantitative estimate of drug-likeness (QED) is 0.488. The Morgan fingerprint density at radius 2 is 1.31 bits per heavy atom. The summed E-state index contributed by atoms with van der Waals surface area (Å²) in [7, 11) is 4.68. The first-order chi connectivity index (χ1) is 13.4. The minimum absolute atomic E-state index is 0.261. The second-order valence-corrected chi connectivity index (χ2v) is 8.98. The van der Waals surface area contributed by atoms with Gasteiger partial charge in [-0.1, -0.05) is 47.6 Å². The maximum absolute atomic E-state index is 13.2. The van der Waals surface area contributed by atoms with Crippen LogP contribution in [0.15, 0.2) is 30.3 Å². The van der Waals surface area contributed by atoms with Crippen LogP contribution in [0.5, 0.6) is 23.0 Å². The number of para-hydroxylation sites is 1. The van der Waals surface area contributed by atoms with Gasteiger partial charge in [-0.3, -0.25) is 0 Å². The molecule has 5 nitrogen and oxygen atoms in total. The van der Waals surface area contributed by atoms with E-state index in [1.807, 2.05) is 12.1 Å². The first-order valence-electron chi connectivity index (χ1n) is 9.60. The average molecular weight is 401 g/mol. The number of carbonyl (C=O) groups is 1. The highest BCUT2D eigenvalue weighted by molar-refractivity contribution is 5.95. The molecule has 0 atom stereocenters. The average Bonchev–Trinajstić information content (AvgIpc) is 2.65. The summed E-state index contributed by atoms with van der Waals surface area (Å²) in [5.41, 5.74) is 1.59. The summed E-state index contributed by atoms with van der Waals surface area (Å²) < 4.78 is 22.3. The maximum Gasteiger partial charge on any atom is 0.347 e. The first kappa shape index (κ1) is 22.6. The van der Waals surface area contributed by atoms with E-state index in [0.29, 0.717) is 22.8 Å². The maximum atomic E-state index is 13.2. The number of hydrogen-bond donors (Lipinski definition) is 0. The number of carbonyl (C=O) groups excluding carboxylic acids is 1. The fourth-order valence-corrected chi connectivity index (χ4v) is 3.14. The van der Waals surface area contributed by atoms with Gasteiger partial charge in [0.15, 0.2) is 11.5 Å². The van der Waals surface area contributed by atoms with Crippen molar-refractivity contribution in [1.82, 2.24) is 0 Å². The van der Waals surface area contributed by atoms with Gasteiger partial charge in [-0.15, -0.1) is 0 Å². The normalized spacial score (nSPS) is 11.8. The highest BCUT2D eigenvalue weighted by atomic mass is 16.5. The standard InChI is InChI=1S/C24H32O5/c1-23(2,3)17-13-15(26-7)14-18(24(4,5)6)21(17)29-22(25)16-11-10-12-19(27-8)20(16)28-9/h10-14H,1-9H3. The Kier molecular flexibility index (Phi) is 6.51. The van der Waals surface area contributed by atoms with Gasteiger partial charge >= 0.3 is 5.97 Å². The first-order valence-corrected chi connectivity index (χ1v) is 9.60. The zero-order valence-electron chi connectivity index (χ0n) is 18.9. The Labute approximate surface area is 173 Å². The molecule has 0 amide bonds. The van der Waals surface area contributed by atoms with E-state index in [2.05, 4.69) is 41.5 Å². The van der Waals surface area contributed by atoms with Crippen LogP contribution in [0.3, 0.4) is 0 Å². The third-order valence-corrected chi connectivity index (χ3v) is 4.73. The summed E-state index contributed by atoms with van der Waals surface area (Å²) in [5.74, 6) is 1.62. The second kappa shape index (κ2) is 8.36. The van der Waals surface area contributed by atoms with E-state index in [1.165, 1.54) is 14.2 Å². The van der Waals surface area contributed by atoms with Crippen molar-refractivity contribution in [2.75, 3.05) is 21.3 Å². The molecular formula is C24H32O5. The van der Waals surface area contributed by atoms with Gasteiger partial charge < -0.3 is 18.9 Å². The van der Waals surface area contributed by atoms with E-state index in [0.717, 1.165) is 16.9 Å². The lowest BCUT2D eigenvalue weighted by Gasteiger charge is -2.30. The predicted octanol–water partition coefficient (Wildman–Crippen LogP) is 5.53. The topological polar surface area (TPSA) is 54.0 Å². The minimum atomic E-state index is -0.498. The van der Waals surface area contributed by atoms with Crippen molar-refractivity contribution in [3.8, 4) is 23.0 Å². The lowest BCUT2D eigenvalue weighted by atomic mass is 9.79. The fraction of sp³-hybridized carbons (Fsp3) is 0.458. The van der Waals surface area contributed by atoms with Crippen molar-refractivity contribution in [3.05, 3.63) is 47.0 Å². The van der Waals surface area contributed by atoms with Gasteiger partial charge in [0.2, 0.25) is 0 Å². The highest BCUT2D eigenvalue weighted by Crippen LogP contribution is 2.43. The molecule has 0 fully saturated rings. The molecule has 0 saturated carbocycles. The Morgan fingerprint density at radius 3 is 1.72 bits per heavy atom. The molecule has 0 heterocycles. The van der Waals surface area contributed by atoms with Crippen LogP contribution in [0.1, 0.15) is 63.0 Å². The van der Waals surface area contributed by atoms with Gasteiger partial charge in [-0.05, 0) is 35.1 Å². The van der Waals surface area contributed by atoms with Crippen LogP contribution in [-0.2, 0) is 10.8 Å². The molecule has 0 bridgehead atoms. The Balaban J connectivity index is 2.67. The number of ether oxygens (including phenoxy) is 4. The number of benzene rings is 2. The molecule has 5 heteroatoms. The van der Waals surface area contributed by atoms with Crippen molar-refractivity contribution in [2.45, 2.75) is 52.4 Å². The van der Waals surface area contributed by atoms with Crippen molar-refractivity contribution in [1.29, 1.82) is 0 Å². The molecule has 0 radical (unpaired) electrons. The summed E-state index contributed by atoms with van der Waals surface area (Å²) in [6, 6.07) is 9.01. The van der Waals surface area contributed by atoms with Crippen LogP contribution >= 0.6 is 0 Å². The van der Waals surface area contributed by atoms with Gasteiger partial charge in [0.05, 0.1) is 21.3 Å². The number of rotatable bonds is 5. The van der Waals surface area contributed by atoms with Crippen molar-refractivity contribution >= 4 is 5.97 Å². The van der Waals surface area contributed by atoms with Crippen LogP contribution in [-0.4, -0.2) is 27.3 Å². The second-order valence-electron chi connectivity index (χ2n) is 8.98. The number of hydrogen-bond acceptors (Lipinski definition) is 5. The van der Waals surface area contributed by atoms with Gasteiger partial charge in [0.25, 0.3) is 0 Å². The van der Waals surface area contributed by atoms with Crippen LogP contribution in [0, 0.1) is 0 Å². The van der Waals surface area contributed by atoms with Gasteiger partial charge in [0, 0.05) is 11.1 Å². The lowest BCUT2D eigenvalue weighted by molar-refractivity contribution is 0.0724. The van der Waals surface area contributed by atoms with Crippen molar-refractivity contribution < 1.29 is 23.7 Å². The molecule has 0 saturated heterocycles.